The number of sulfonamides is 1. The van der Waals surface area contributed by atoms with Crippen molar-refractivity contribution in [3.8, 4) is 5.75 Å². The predicted octanol–water partition coefficient (Wildman–Crippen LogP) is 4.45. The third kappa shape index (κ3) is 6.32. The summed E-state index contributed by atoms with van der Waals surface area (Å²) in [5, 5.41) is 0. The van der Waals surface area contributed by atoms with Gasteiger partial charge in [-0.15, -0.1) is 0 Å². The van der Waals surface area contributed by atoms with Gasteiger partial charge in [0.2, 0.25) is 10.0 Å². The van der Waals surface area contributed by atoms with E-state index in [1.165, 1.54) is 24.3 Å². The number of amides is 1. The van der Waals surface area contributed by atoms with Gasteiger partial charge in [0.25, 0.3) is 5.91 Å². The average molecular weight is 515 g/mol. The van der Waals surface area contributed by atoms with E-state index < -0.39 is 33.5 Å². The summed E-state index contributed by atoms with van der Waals surface area (Å²) >= 11 is 0. The van der Waals surface area contributed by atoms with Crippen LogP contribution in [0.3, 0.4) is 0 Å². The Hall–Kier alpha value is -2.66. The minimum absolute atomic E-state index is 0.0178. The second-order valence-corrected chi connectivity index (χ2v) is 10.8. The van der Waals surface area contributed by atoms with Crippen LogP contribution < -0.4 is 9.46 Å². The molecule has 4 rings (SSSR count). The molecule has 1 saturated heterocycles. The van der Waals surface area contributed by atoms with Crippen LogP contribution in [0.15, 0.2) is 36.4 Å². The van der Waals surface area contributed by atoms with Gasteiger partial charge in [-0.05, 0) is 60.9 Å². The van der Waals surface area contributed by atoms with Gasteiger partial charge < -0.3 is 4.74 Å². The number of benzene rings is 2. The molecule has 0 bridgehead atoms. The minimum Gasteiger partial charge on any atom is -0.490 e. The van der Waals surface area contributed by atoms with Gasteiger partial charge in [0.05, 0.1) is 17.4 Å². The predicted molar refractivity (Wildman–Crippen MR) is 121 cm³/mol. The van der Waals surface area contributed by atoms with Crippen LogP contribution in [0.4, 0.5) is 17.6 Å². The molecule has 0 radical (unpaired) electrons. The molecular formula is C24H26F4N2O4S. The maximum atomic E-state index is 15.3. The number of alkyl halides is 3. The molecule has 0 atom stereocenters. The molecule has 0 spiro atoms. The Morgan fingerprint density at radius 1 is 1.09 bits per heavy atom. The molecular weight excluding hydrogens is 488 g/mol. The van der Waals surface area contributed by atoms with Gasteiger partial charge in [-0.2, -0.15) is 13.2 Å². The van der Waals surface area contributed by atoms with Gasteiger partial charge >= 0.3 is 6.18 Å². The molecule has 0 aromatic heterocycles. The quantitative estimate of drug-likeness (QED) is 0.553. The number of likely N-dealkylation sites (tertiary alicyclic amines) is 1. The van der Waals surface area contributed by atoms with Crippen molar-refractivity contribution in [1.29, 1.82) is 0 Å². The number of nitrogens with one attached hydrogen (secondary N) is 1. The fraction of sp³-hybridized carbons (Fsp3) is 0.458. The Morgan fingerprint density at radius 2 is 1.74 bits per heavy atom. The summed E-state index contributed by atoms with van der Waals surface area (Å²) in [7, 11) is -3.83. The minimum atomic E-state index is -4.50. The number of nitrogens with zero attached hydrogens (tertiary/aromatic N) is 1. The van der Waals surface area contributed by atoms with Gasteiger partial charge in [-0.25, -0.2) is 17.5 Å². The van der Waals surface area contributed by atoms with Crippen LogP contribution in [0, 0.1) is 5.82 Å². The van der Waals surface area contributed by atoms with Gasteiger partial charge in [-0.1, -0.05) is 18.2 Å². The number of piperidine rings is 1. The fourth-order valence-corrected chi connectivity index (χ4v) is 4.84. The molecule has 1 N–H and O–H groups in total. The van der Waals surface area contributed by atoms with E-state index in [1.807, 2.05) is 0 Å². The zero-order valence-electron chi connectivity index (χ0n) is 19.1. The fourth-order valence-electron chi connectivity index (χ4n) is 4.39. The van der Waals surface area contributed by atoms with Crippen molar-refractivity contribution < 1.29 is 35.5 Å². The summed E-state index contributed by atoms with van der Waals surface area (Å²) in [6.45, 7) is 1.53. The van der Waals surface area contributed by atoms with Crippen LogP contribution in [-0.4, -0.2) is 44.7 Å². The molecule has 1 heterocycles. The topological polar surface area (TPSA) is 75.7 Å². The summed E-state index contributed by atoms with van der Waals surface area (Å²) < 4.78 is 85.2. The molecule has 0 unspecified atom stereocenters. The monoisotopic (exact) mass is 514 g/mol. The first-order chi connectivity index (χ1) is 16.4. The molecule has 190 valence electrons. The SMILES string of the molecule is CS(=O)(=O)NC(=O)c1ccc(CN2CCC(Oc3ccccc3C(F)(F)F)CC2)c(C2CC2)c1F. The smallest absolute Gasteiger partial charge is 0.419 e. The lowest BCUT2D eigenvalue weighted by atomic mass is 9.97. The van der Waals surface area contributed by atoms with E-state index in [0.717, 1.165) is 30.7 Å². The summed E-state index contributed by atoms with van der Waals surface area (Å²) in [6, 6.07) is 8.09. The second kappa shape index (κ2) is 9.77. The van der Waals surface area contributed by atoms with E-state index in [2.05, 4.69) is 4.90 Å². The number of para-hydroxylation sites is 1. The first-order valence-corrected chi connectivity index (χ1v) is 13.2. The van der Waals surface area contributed by atoms with Crippen LogP contribution in [0.1, 0.15) is 58.6 Å². The van der Waals surface area contributed by atoms with Crippen molar-refractivity contribution in [2.45, 2.75) is 50.4 Å². The molecule has 35 heavy (non-hydrogen) atoms. The van der Waals surface area contributed by atoms with E-state index in [-0.39, 0.29) is 23.3 Å². The molecule has 1 aliphatic carbocycles. The van der Waals surface area contributed by atoms with Gasteiger partial charge in [0.15, 0.2) is 0 Å². The lowest BCUT2D eigenvalue weighted by Gasteiger charge is -2.33. The zero-order valence-corrected chi connectivity index (χ0v) is 19.9. The zero-order chi connectivity index (χ0) is 25.4. The van der Waals surface area contributed by atoms with E-state index in [0.29, 0.717) is 38.0 Å². The molecule has 1 amide bonds. The number of hydrogen-bond acceptors (Lipinski definition) is 5. The number of carbonyl (C=O) groups is 1. The van der Waals surface area contributed by atoms with Crippen LogP contribution >= 0.6 is 0 Å². The number of rotatable bonds is 7. The molecule has 2 aliphatic rings. The number of carbonyl (C=O) groups excluding carboxylic acids is 1. The molecule has 11 heteroatoms. The second-order valence-electron chi connectivity index (χ2n) is 9.06. The van der Waals surface area contributed by atoms with Crippen LogP contribution in [-0.2, 0) is 22.7 Å². The molecule has 2 fully saturated rings. The van der Waals surface area contributed by atoms with E-state index in [1.54, 1.807) is 10.8 Å². The third-order valence-corrected chi connectivity index (χ3v) is 6.75. The van der Waals surface area contributed by atoms with E-state index in [9.17, 15) is 26.4 Å². The number of hydrogen-bond donors (Lipinski definition) is 1. The van der Waals surface area contributed by atoms with E-state index >= 15 is 4.39 Å². The maximum absolute atomic E-state index is 15.3. The lowest BCUT2D eigenvalue weighted by Crippen LogP contribution is -2.38. The standard InChI is InChI=1S/C24H26F4N2O4S/c1-35(32,33)29-23(31)18-9-8-16(21(22(18)25)15-6-7-15)14-30-12-10-17(11-13-30)34-20-5-3-2-4-19(20)24(26,27)28/h2-5,8-9,15,17H,6-7,10-14H2,1H3,(H,29,31). The third-order valence-electron chi connectivity index (χ3n) is 6.19. The highest BCUT2D eigenvalue weighted by Gasteiger charge is 2.35. The lowest BCUT2D eigenvalue weighted by molar-refractivity contribution is -0.139. The Balaban J connectivity index is 1.43. The van der Waals surface area contributed by atoms with Crippen LogP contribution in [0.5, 0.6) is 5.75 Å². The Kier molecular flexibility index (Phi) is 7.10. The highest BCUT2D eigenvalue weighted by atomic mass is 32.2. The van der Waals surface area contributed by atoms with Gasteiger partial charge in [-0.3, -0.25) is 9.69 Å². The molecule has 1 saturated carbocycles. The average Bonchev–Trinajstić information content (AvgIpc) is 3.59. The summed E-state index contributed by atoms with van der Waals surface area (Å²) in [4.78, 5) is 14.3. The molecule has 6 nitrogen and oxygen atoms in total. The number of halogens is 4. The van der Waals surface area contributed by atoms with Crippen molar-refractivity contribution in [2.75, 3.05) is 19.3 Å². The largest absolute Gasteiger partial charge is 0.490 e. The normalized spacial score (nSPS) is 17.9. The van der Waals surface area contributed by atoms with Gasteiger partial charge in [0, 0.05) is 19.6 Å². The Morgan fingerprint density at radius 3 is 2.34 bits per heavy atom. The van der Waals surface area contributed by atoms with Crippen molar-refractivity contribution in [1.82, 2.24) is 9.62 Å². The van der Waals surface area contributed by atoms with Crippen molar-refractivity contribution in [3.05, 3.63) is 64.5 Å². The van der Waals surface area contributed by atoms with Crippen LogP contribution in [0.2, 0.25) is 0 Å². The molecule has 2 aromatic carbocycles. The van der Waals surface area contributed by atoms with Gasteiger partial charge in [0.1, 0.15) is 17.7 Å². The van der Waals surface area contributed by atoms with Crippen molar-refractivity contribution in [3.63, 3.8) is 0 Å². The molecule has 1 aliphatic heterocycles. The molecule has 2 aromatic rings. The summed E-state index contributed by atoms with van der Waals surface area (Å²) in [6.07, 6.45) is -1.43. The number of ether oxygens (including phenoxy) is 1. The first-order valence-electron chi connectivity index (χ1n) is 11.3. The first kappa shape index (κ1) is 25.4. The van der Waals surface area contributed by atoms with Crippen LogP contribution in [0.25, 0.3) is 0 Å². The maximum Gasteiger partial charge on any atom is 0.419 e. The Labute approximate surface area is 201 Å². The highest BCUT2D eigenvalue weighted by molar-refractivity contribution is 7.89. The van der Waals surface area contributed by atoms with Crippen molar-refractivity contribution in [2.24, 2.45) is 0 Å². The van der Waals surface area contributed by atoms with E-state index in [4.69, 9.17) is 4.74 Å². The summed E-state index contributed by atoms with van der Waals surface area (Å²) in [5.74, 6) is -1.90. The van der Waals surface area contributed by atoms with Crippen molar-refractivity contribution >= 4 is 15.9 Å². The highest BCUT2D eigenvalue weighted by Crippen LogP contribution is 2.44. The summed E-state index contributed by atoms with van der Waals surface area (Å²) in [5.41, 5.74) is 0.0508. The Bertz CT molecular complexity index is 1200.